The SMILES string of the molecule is CCC(CC)n1ncc2c1NC(=O)C[C@@H]2c1ccccc1C#N. The van der Waals surface area contributed by atoms with E-state index in [4.69, 9.17) is 0 Å². The summed E-state index contributed by atoms with van der Waals surface area (Å²) in [6, 6.07) is 9.99. The van der Waals surface area contributed by atoms with Crippen molar-refractivity contribution in [2.45, 2.75) is 45.1 Å². The number of aromatic nitrogens is 2. The van der Waals surface area contributed by atoms with Crippen molar-refractivity contribution in [1.29, 1.82) is 5.26 Å². The third kappa shape index (κ3) is 2.61. The van der Waals surface area contributed by atoms with Crippen LogP contribution in [0.15, 0.2) is 30.5 Å². The molecule has 0 saturated heterocycles. The average Bonchev–Trinajstić information content (AvgIpc) is 2.99. The van der Waals surface area contributed by atoms with Gasteiger partial charge in [0.1, 0.15) is 5.82 Å². The highest BCUT2D eigenvalue weighted by Gasteiger charge is 2.32. The number of fused-ring (bicyclic) bond motifs is 1. The van der Waals surface area contributed by atoms with Gasteiger partial charge in [-0.05, 0) is 24.5 Å². The van der Waals surface area contributed by atoms with Crippen LogP contribution in [0.5, 0.6) is 0 Å². The van der Waals surface area contributed by atoms with Gasteiger partial charge in [0.25, 0.3) is 0 Å². The van der Waals surface area contributed by atoms with Crippen LogP contribution >= 0.6 is 0 Å². The molecular formula is C18H20N4O. The Kier molecular flexibility index (Phi) is 4.16. The summed E-state index contributed by atoms with van der Waals surface area (Å²) >= 11 is 0. The van der Waals surface area contributed by atoms with Crippen molar-refractivity contribution in [3.8, 4) is 6.07 Å². The van der Waals surface area contributed by atoms with Crippen LogP contribution in [0.1, 0.15) is 61.8 Å². The Balaban J connectivity index is 2.10. The van der Waals surface area contributed by atoms with Gasteiger partial charge in [-0.15, -0.1) is 0 Å². The highest BCUT2D eigenvalue weighted by Crippen LogP contribution is 2.39. The lowest BCUT2D eigenvalue weighted by Gasteiger charge is -2.26. The summed E-state index contributed by atoms with van der Waals surface area (Å²) in [4.78, 5) is 12.2. The summed E-state index contributed by atoms with van der Waals surface area (Å²) in [5.74, 6) is 0.647. The van der Waals surface area contributed by atoms with E-state index in [1.807, 2.05) is 29.1 Å². The highest BCUT2D eigenvalue weighted by atomic mass is 16.1. The molecule has 1 aliphatic rings. The van der Waals surface area contributed by atoms with Crippen LogP contribution in [0, 0.1) is 11.3 Å². The first-order chi connectivity index (χ1) is 11.2. The van der Waals surface area contributed by atoms with Crippen molar-refractivity contribution >= 4 is 11.7 Å². The molecule has 1 aromatic carbocycles. The minimum Gasteiger partial charge on any atom is -0.311 e. The molecule has 0 aliphatic carbocycles. The van der Waals surface area contributed by atoms with Crippen LogP contribution in [0.25, 0.3) is 0 Å². The van der Waals surface area contributed by atoms with Gasteiger partial charge >= 0.3 is 0 Å². The molecule has 118 valence electrons. The van der Waals surface area contributed by atoms with Crippen LogP contribution in [0.3, 0.4) is 0 Å². The van der Waals surface area contributed by atoms with Crippen LogP contribution < -0.4 is 5.32 Å². The van der Waals surface area contributed by atoms with Crippen molar-refractivity contribution in [2.75, 3.05) is 5.32 Å². The van der Waals surface area contributed by atoms with Crippen molar-refractivity contribution in [2.24, 2.45) is 0 Å². The molecule has 0 spiro atoms. The lowest BCUT2D eigenvalue weighted by molar-refractivity contribution is -0.116. The first-order valence-corrected chi connectivity index (χ1v) is 8.05. The van der Waals surface area contributed by atoms with Gasteiger partial charge in [0, 0.05) is 17.9 Å². The van der Waals surface area contributed by atoms with Crippen molar-refractivity contribution in [3.05, 3.63) is 47.2 Å². The van der Waals surface area contributed by atoms with E-state index in [0.29, 0.717) is 12.0 Å². The summed E-state index contributed by atoms with van der Waals surface area (Å²) < 4.78 is 1.92. The second kappa shape index (κ2) is 6.25. The van der Waals surface area contributed by atoms with E-state index in [9.17, 15) is 10.1 Å². The zero-order valence-electron chi connectivity index (χ0n) is 13.4. The molecule has 1 atom stereocenters. The molecule has 5 heteroatoms. The molecule has 0 fully saturated rings. The predicted octanol–water partition coefficient (Wildman–Crippen LogP) is 3.59. The Hall–Kier alpha value is -2.61. The van der Waals surface area contributed by atoms with Crippen LogP contribution in [0.4, 0.5) is 5.82 Å². The van der Waals surface area contributed by atoms with Gasteiger partial charge in [-0.1, -0.05) is 32.0 Å². The quantitative estimate of drug-likeness (QED) is 0.938. The molecule has 1 aliphatic heterocycles. The number of anilines is 1. The number of amides is 1. The van der Waals surface area contributed by atoms with Gasteiger partial charge in [-0.2, -0.15) is 10.4 Å². The lowest BCUT2D eigenvalue weighted by Crippen LogP contribution is -2.26. The van der Waals surface area contributed by atoms with Crippen molar-refractivity contribution < 1.29 is 4.79 Å². The van der Waals surface area contributed by atoms with E-state index >= 15 is 0 Å². The number of hydrogen-bond donors (Lipinski definition) is 1. The first kappa shape index (κ1) is 15.3. The fraction of sp³-hybridized carbons (Fsp3) is 0.389. The zero-order valence-corrected chi connectivity index (χ0v) is 13.4. The zero-order chi connectivity index (χ0) is 16.4. The van der Waals surface area contributed by atoms with Crippen molar-refractivity contribution in [3.63, 3.8) is 0 Å². The summed E-state index contributed by atoms with van der Waals surface area (Å²) in [7, 11) is 0. The fourth-order valence-corrected chi connectivity index (χ4v) is 3.33. The van der Waals surface area contributed by atoms with Gasteiger partial charge in [0.05, 0.1) is 23.9 Å². The number of carbonyl (C=O) groups excluding carboxylic acids is 1. The van der Waals surface area contributed by atoms with Gasteiger partial charge < -0.3 is 5.32 Å². The van der Waals surface area contributed by atoms with Gasteiger partial charge in [0.2, 0.25) is 5.91 Å². The normalized spacial score (nSPS) is 16.8. The molecular weight excluding hydrogens is 288 g/mol. The first-order valence-electron chi connectivity index (χ1n) is 8.05. The second-order valence-electron chi connectivity index (χ2n) is 5.87. The Morgan fingerprint density at radius 2 is 2.09 bits per heavy atom. The number of carbonyl (C=O) groups is 1. The Labute approximate surface area is 135 Å². The maximum atomic E-state index is 12.2. The molecule has 1 amide bonds. The molecule has 0 unspecified atom stereocenters. The largest absolute Gasteiger partial charge is 0.311 e. The summed E-state index contributed by atoms with van der Waals surface area (Å²) in [6.45, 7) is 4.24. The third-order valence-electron chi connectivity index (χ3n) is 4.59. The maximum absolute atomic E-state index is 12.2. The molecule has 3 rings (SSSR count). The molecule has 1 N–H and O–H groups in total. The molecule has 5 nitrogen and oxygen atoms in total. The van der Waals surface area contributed by atoms with Crippen LogP contribution in [-0.4, -0.2) is 15.7 Å². The van der Waals surface area contributed by atoms with Crippen LogP contribution in [-0.2, 0) is 4.79 Å². The molecule has 1 aromatic heterocycles. The number of rotatable bonds is 4. The van der Waals surface area contributed by atoms with Gasteiger partial charge in [-0.3, -0.25) is 4.79 Å². The molecule has 0 saturated carbocycles. The Morgan fingerprint density at radius 1 is 1.35 bits per heavy atom. The van der Waals surface area contributed by atoms with E-state index in [-0.39, 0.29) is 17.9 Å². The lowest BCUT2D eigenvalue weighted by atomic mass is 9.85. The van der Waals surface area contributed by atoms with Crippen molar-refractivity contribution in [1.82, 2.24) is 9.78 Å². The van der Waals surface area contributed by atoms with Crippen LogP contribution in [0.2, 0.25) is 0 Å². The van der Waals surface area contributed by atoms with Gasteiger partial charge in [-0.25, -0.2) is 4.68 Å². The number of hydrogen-bond acceptors (Lipinski definition) is 3. The molecule has 0 radical (unpaired) electrons. The minimum atomic E-state index is -0.113. The maximum Gasteiger partial charge on any atom is 0.226 e. The average molecular weight is 308 g/mol. The Bertz CT molecular complexity index is 768. The van der Waals surface area contributed by atoms with E-state index in [1.165, 1.54) is 0 Å². The topological polar surface area (TPSA) is 70.7 Å². The van der Waals surface area contributed by atoms with E-state index in [0.717, 1.165) is 29.8 Å². The molecule has 2 heterocycles. The summed E-state index contributed by atoms with van der Waals surface area (Å²) in [6.07, 6.45) is 4.10. The number of nitrogens with zero attached hydrogens (tertiary/aromatic N) is 3. The van der Waals surface area contributed by atoms with E-state index < -0.39 is 0 Å². The standard InChI is InChI=1S/C18H20N4O/c1-3-13(4-2)22-18-16(11-20-22)15(9-17(23)21-18)14-8-6-5-7-12(14)10-19/h5-8,11,13,15H,3-4,9H2,1-2H3,(H,21,23)/t15-/m1/s1. The number of benzene rings is 1. The molecule has 2 aromatic rings. The third-order valence-corrected chi connectivity index (χ3v) is 4.59. The second-order valence-corrected chi connectivity index (χ2v) is 5.87. The highest BCUT2D eigenvalue weighted by molar-refractivity contribution is 5.94. The van der Waals surface area contributed by atoms with Gasteiger partial charge in [0.15, 0.2) is 0 Å². The smallest absolute Gasteiger partial charge is 0.226 e. The molecule has 0 bridgehead atoms. The van der Waals surface area contributed by atoms with E-state index in [1.54, 1.807) is 6.07 Å². The fourth-order valence-electron chi connectivity index (χ4n) is 3.33. The molecule has 23 heavy (non-hydrogen) atoms. The monoisotopic (exact) mass is 308 g/mol. The number of nitriles is 1. The summed E-state index contributed by atoms with van der Waals surface area (Å²) in [5, 5.41) is 16.9. The van der Waals surface area contributed by atoms with E-state index in [2.05, 4.69) is 30.3 Å². The summed E-state index contributed by atoms with van der Waals surface area (Å²) in [5.41, 5.74) is 2.52. The minimum absolute atomic E-state index is 0.0250. The predicted molar refractivity (Wildman–Crippen MR) is 88.1 cm³/mol. The Morgan fingerprint density at radius 3 is 2.78 bits per heavy atom. The number of nitrogens with one attached hydrogen (secondary N) is 1.